The lowest BCUT2D eigenvalue weighted by molar-refractivity contribution is 0.164. The molecular formula is C17H28N2O. The number of rotatable bonds is 4. The van der Waals surface area contributed by atoms with Gasteiger partial charge in [-0.3, -0.25) is 0 Å². The summed E-state index contributed by atoms with van der Waals surface area (Å²) in [4.78, 5) is 2.36. The first-order valence-corrected chi connectivity index (χ1v) is 7.62. The number of ether oxygens (including phenoxy) is 1. The Bertz CT molecular complexity index is 448. The average Bonchev–Trinajstić information content (AvgIpc) is 2.47. The molecule has 112 valence electrons. The molecule has 0 radical (unpaired) electrons. The molecule has 0 aromatic heterocycles. The highest BCUT2D eigenvalue weighted by Gasteiger charge is 2.43. The van der Waals surface area contributed by atoms with Crippen LogP contribution in [-0.2, 0) is 0 Å². The molecule has 0 heterocycles. The van der Waals surface area contributed by atoms with Crippen molar-refractivity contribution in [2.24, 2.45) is 17.6 Å². The summed E-state index contributed by atoms with van der Waals surface area (Å²) in [6, 6.07) is 8.22. The van der Waals surface area contributed by atoms with Crippen LogP contribution < -0.4 is 15.4 Å². The standard InChI is InChI=1S/C17H28N2O/c1-13-9-10-17(12-18,14(2)11-13)19(3)15-7-5-6-8-16(15)20-4/h5-8,13-14H,9-12,18H2,1-4H3. The summed E-state index contributed by atoms with van der Waals surface area (Å²) < 4.78 is 5.52. The fourth-order valence-electron chi connectivity index (χ4n) is 3.77. The predicted molar refractivity (Wildman–Crippen MR) is 85.4 cm³/mol. The Hall–Kier alpha value is -1.22. The van der Waals surface area contributed by atoms with Gasteiger partial charge < -0.3 is 15.4 Å². The van der Waals surface area contributed by atoms with Crippen molar-refractivity contribution < 1.29 is 4.74 Å². The van der Waals surface area contributed by atoms with Gasteiger partial charge in [0.1, 0.15) is 5.75 Å². The highest BCUT2D eigenvalue weighted by molar-refractivity contribution is 5.60. The van der Waals surface area contributed by atoms with Gasteiger partial charge in [0.15, 0.2) is 0 Å². The topological polar surface area (TPSA) is 38.5 Å². The molecule has 0 spiro atoms. The molecule has 1 aliphatic rings. The van der Waals surface area contributed by atoms with E-state index in [0.29, 0.717) is 12.5 Å². The van der Waals surface area contributed by atoms with Crippen LogP contribution in [0.3, 0.4) is 0 Å². The van der Waals surface area contributed by atoms with Crippen molar-refractivity contribution >= 4 is 5.69 Å². The van der Waals surface area contributed by atoms with Gasteiger partial charge in [-0.15, -0.1) is 0 Å². The largest absolute Gasteiger partial charge is 0.495 e. The van der Waals surface area contributed by atoms with Crippen molar-refractivity contribution in [1.29, 1.82) is 0 Å². The van der Waals surface area contributed by atoms with Gasteiger partial charge in [-0.25, -0.2) is 0 Å². The average molecular weight is 276 g/mol. The lowest BCUT2D eigenvalue weighted by atomic mass is 9.69. The molecule has 3 nitrogen and oxygen atoms in total. The van der Waals surface area contributed by atoms with E-state index in [1.807, 2.05) is 12.1 Å². The van der Waals surface area contributed by atoms with E-state index in [-0.39, 0.29) is 5.54 Å². The zero-order valence-electron chi connectivity index (χ0n) is 13.2. The van der Waals surface area contributed by atoms with Gasteiger partial charge >= 0.3 is 0 Å². The van der Waals surface area contributed by atoms with E-state index in [9.17, 15) is 0 Å². The van der Waals surface area contributed by atoms with Crippen LogP contribution in [0.25, 0.3) is 0 Å². The summed E-state index contributed by atoms with van der Waals surface area (Å²) in [7, 11) is 3.89. The normalized spacial score (nSPS) is 30.1. The number of likely N-dealkylation sites (N-methyl/N-ethyl adjacent to an activating group) is 1. The summed E-state index contributed by atoms with van der Waals surface area (Å²) in [5.74, 6) is 2.32. The number of hydrogen-bond acceptors (Lipinski definition) is 3. The number of para-hydroxylation sites is 2. The van der Waals surface area contributed by atoms with E-state index in [1.165, 1.54) is 12.8 Å². The van der Waals surface area contributed by atoms with E-state index < -0.39 is 0 Å². The van der Waals surface area contributed by atoms with Gasteiger partial charge in [-0.05, 0) is 43.2 Å². The summed E-state index contributed by atoms with van der Waals surface area (Å²) in [5.41, 5.74) is 7.40. The molecule has 20 heavy (non-hydrogen) atoms. The second kappa shape index (κ2) is 6.04. The summed E-state index contributed by atoms with van der Waals surface area (Å²) in [6.07, 6.45) is 3.65. The first kappa shape index (κ1) is 15.2. The molecule has 3 unspecified atom stereocenters. The van der Waals surface area contributed by atoms with Crippen LogP contribution in [0, 0.1) is 11.8 Å². The molecule has 1 fully saturated rings. The molecule has 1 aromatic rings. The minimum atomic E-state index is 0.0428. The number of methoxy groups -OCH3 is 1. The van der Waals surface area contributed by atoms with Crippen molar-refractivity contribution in [3.05, 3.63) is 24.3 Å². The Labute approximate surface area is 123 Å². The molecule has 0 bridgehead atoms. The van der Waals surface area contributed by atoms with Gasteiger partial charge in [0.05, 0.1) is 18.3 Å². The van der Waals surface area contributed by atoms with Gasteiger partial charge in [-0.1, -0.05) is 26.0 Å². The zero-order valence-corrected chi connectivity index (χ0v) is 13.2. The van der Waals surface area contributed by atoms with Crippen LogP contribution in [0.2, 0.25) is 0 Å². The van der Waals surface area contributed by atoms with Crippen LogP contribution in [0.15, 0.2) is 24.3 Å². The highest BCUT2D eigenvalue weighted by Crippen LogP contribution is 2.43. The van der Waals surface area contributed by atoms with E-state index in [4.69, 9.17) is 10.5 Å². The van der Waals surface area contributed by atoms with Crippen molar-refractivity contribution in [2.45, 2.75) is 38.6 Å². The maximum atomic E-state index is 6.22. The number of hydrogen-bond donors (Lipinski definition) is 1. The Morgan fingerprint density at radius 1 is 1.35 bits per heavy atom. The van der Waals surface area contributed by atoms with E-state index >= 15 is 0 Å². The highest BCUT2D eigenvalue weighted by atomic mass is 16.5. The van der Waals surface area contributed by atoms with Crippen molar-refractivity contribution in [3.8, 4) is 5.75 Å². The molecule has 2 N–H and O–H groups in total. The maximum Gasteiger partial charge on any atom is 0.142 e. The van der Waals surface area contributed by atoms with Crippen molar-refractivity contribution in [2.75, 3.05) is 25.6 Å². The Morgan fingerprint density at radius 3 is 2.65 bits per heavy atom. The van der Waals surface area contributed by atoms with E-state index in [2.05, 4.69) is 37.9 Å². The van der Waals surface area contributed by atoms with Gasteiger partial charge in [0, 0.05) is 13.6 Å². The predicted octanol–water partition coefficient (Wildman–Crippen LogP) is 3.29. The molecule has 3 heteroatoms. The van der Waals surface area contributed by atoms with E-state index in [0.717, 1.165) is 23.8 Å². The first-order chi connectivity index (χ1) is 9.55. The maximum absolute atomic E-state index is 6.22. The van der Waals surface area contributed by atoms with Crippen LogP contribution in [0.1, 0.15) is 33.1 Å². The summed E-state index contributed by atoms with van der Waals surface area (Å²) >= 11 is 0. The molecule has 0 saturated heterocycles. The molecule has 0 aliphatic heterocycles. The van der Waals surface area contributed by atoms with Crippen LogP contribution >= 0.6 is 0 Å². The zero-order chi connectivity index (χ0) is 14.8. The lowest BCUT2D eigenvalue weighted by Gasteiger charge is -2.51. The fourth-order valence-corrected chi connectivity index (χ4v) is 3.77. The van der Waals surface area contributed by atoms with Crippen LogP contribution in [0.5, 0.6) is 5.75 Å². The summed E-state index contributed by atoms with van der Waals surface area (Å²) in [6.45, 7) is 5.38. The van der Waals surface area contributed by atoms with Crippen molar-refractivity contribution in [3.63, 3.8) is 0 Å². The third kappa shape index (κ3) is 2.51. The molecule has 3 atom stereocenters. The smallest absolute Gasteiger partial charge is 0.142 e. The quantitative estimate of drug-likeness (QED) is 0.917. The minimum Gasteiger partial charge on any atom is -0.495 e. The summed E-state index contributed by atoms with van der Waals surface area (Å²) in [5, 5.41) is 0. The number of nitrogens with two attached hydrogens (primary N) is 1. The molecule has 1 aromatic carbocycles. The number of benzene rings is 1. The number of anilines is 1. The van der Waals surface area contributed by atoms with E-state index in [1.54, 1.807) is 7.11 Å². The molecule has 1 aliphatic carbocycles. The van der Waals surface area contributed by atoms with Gasteiger partial charge in [-0.2, -0.15) is 0 Å². The van der Waals surface area contributed by atoms with Crippen LogP contribution in [-0.4, -0.2) is 26.2 Å². The van der Waals surface area contributed by atoms with Gasteiger partial charge in [0.2, 0.25) is 0 Å². The third-order valence-corrected chi connectivity index (χ3v) is 5.21. The number of nitrogens with zero attached hydrogens (tertiary/aromatic N) is 1. The molecule has 1 saturated carbocycles. The second-order valence-corrected chi connectivity index (χ2v) is 6.32. The Morgan fingerprint density at radius 2 is 2.05 bits per heavy atom. The molecular weight excluding hydrogens is 248 g/mol. The monoisotopic (exact) mass is 276 g/mol. The third-order valence-electron chi connectivity index (χ3n) is 5.21. The second-order valence-electron chi connectivity index (χ2n) is 6.32. The fraction of sp³-hybridized carbons (Fsp3) is 0.647. The van der Waals surface area contributed by atoms with Crippen molar-refractivity contribution in [1.82, 2.24) is 0 Å². The van der Waals surface area contributed by atoms with Gasteiger partial charge in [0.25, 0.3) is 0 Å². The lowest BCUT2D eigenvalue weighted by Crippen LogP contribution is -2.59. The first-order valence-electron chi connectivity index (χ1n) is 7.62. The van der Waals surface area contributed by atoms with Crippen LogP contribution in [0.4, 0.5) is 5.69 Å². The molecule has 2 rings (SSSR count). The Kier molecular flexibility index (Phi) is 4.59. The SMILES string of the molecule is COc1ccccc1N(C)C1(CN)CCC(C)CC1C. The molecule has 0 amide bonds. The Balaban J connectivity index is 2.35. The minimum absolute atomic E-state index is 0.0428.